The Morgan fingerprint density at radius 3 is 3.00 bits per heavy atom. The molecule has 2 rings (SSSR count). The molecule has 0 saturated carbocycles. The highest BCUT2D eigenvalue weighted by atomic mass is 79.9. The van der Waals surface area contributed by atoms with Crippen LogP contribution in [-0.2, 0) is 0 Å². The normalized spacial score (nSPS) is 18.9. The van der Waals surface area contributed by atoms with Gasteiger partial charge in [0.25, 0.3) is 5.91 Å². The average Bonchev–Trinajstić information content (AvgIpc) is 2.86. The maximum absolute atomic E-state index is 13.8. The van der Waals surface area contributed by atoms with Gasteiger partial charge >= 0.3 is 0 Å². The molecule has 0 N–H and O–H groups in total. The Bertz CT molecular complexity index is 467. The SMILES string of the molecule is O=C(c1cc(Br)ccc1F)N1CCCC1CCCBr. The minimum absolute atomic E-state index is 0.167. The third kappa shape index (κ3) is 3.57. The van der Waals surface area contributed by atoms with Gasteiger partial charge in [-0.15, -0.1) is 0 Å². The van der Waals surface area contributed by atoms with E-state index in [2.05, 4.69) is 31.9 Å². The summed E-state index contributed by atoms with van der Waals surface area (Å²) in [4.78, 5) is 14.3. The molecule has 0 bridgehead atoms. The number of alkyl halides is 1. The fourth-order valence-electron chi connectivity index (χ4n) is 2.53. The fraction of sp³-hybridized carbons (Fsp3) is 0.500. The summed E-state index contributed by atoms with van der Waals surface area (Å²) in [6.07, 6.45) is 4.05. The molecule has 0 aliphatic carbocycles. The Labute approximate surface area is 129 Å². The summed E-state index contributed by atoms with van der Waals surface area (Å²) in [7, 11) is 0. The Hall–Kier alpha value is -0.420. The number of halogens is 3. The zero-order chi connectivity index (χ0) is 13.8. The smallest absolute Gasteiger partial charge is 0.257 e. The first-order valence-electron chi connectivity index (χ1n) is 6.45. The lowest BCUT2D eigenvalue weighted by Gasteiger charge is -2.25. The molecule has 19 heavy (non-hydrogen) atoms. The van der Waals surface area contributed by atoms with Crippen molar-refractivity contribution in [3.63, 3.8) is 0 Å². The van der Waals surface area contributed by atoms with E-state index in [1.807, 2.05) is 4.90 Å². The molecule has 1 atom stereocenters. The van der Waals surface area contributed by atoms with Crippen LogP contribution in [0, 0.1) is 5.82 Å². The van der Waals surface area contributed by atoms with E-state index in [1.54, 1.807) is 12.1 Å². The molecule has 1 amide bonds. The number of hydrogen-bond donors (Lipinski definition) is 0. The van der Waals surface area contributed by atoms with Crippen LogP contribution in [0.3, 0.4) is 0 Å². The lowest BCUT2D eigenvalue weighted by molar-refractivity contribution is 0.0725. The summed E-state index contributed by atoms with van der Waals surface area (Å²) in [6, 6.07) is 4.76. The number of nitrogens with zero attached hydrogens (tertiary/aromatic N) is 1. The predicted molar refractivity (Wildman–Crippen MR) is 81.2 cm³/mol. The molecule has 1 fully saturated rings. The molecule has 0 spiro atoms. The van der Waals surface area contributed by atoms with Crippen molar-refractivity contribution < 1.29 is 9.18 Å². The number of amides is 1. The number of rotatable bonds is 4. The number of carbonyl (C=O) groups excluding carboxylic acids is 1. The highest BCUT2D eigenvalue weighted by Gasteiger charge is 2.30. The Balaban J connectivity index is 2.16. The summed E-state index contributed by atoms with van der Waals surface area (Å²) in [5.41, 5.74) is 0.167. The van der Waals surface area contributed by atoms with Gasteiger partial charge in [-0.25, -0.2) is 4.39 Å². The molecule has 104 valence electrons. The van der Waals surface area contributed by atoms with Crippen LogP contribution in [0.25, 0.3) is 0 Å². The number of carbonyl (C=O) groups is 1. The van der Waals surface area contributed by atoms with Gasteiger partial charge < -0.3 is 4.90 Å². The van der Waals surface area contributed by atoms with Crippen molar-refractivity contribution in [2.75, 3.05) is 11.9 Å². The van der Waals surface area contributed by atoms with Gasteiger partial charge in [-0.2, -0.15) is 0 Å². The van der Waals surface area contributed by atoms with E-state index in [-0.39, 0.29) is 17.5 Å². The Morgan fingerprint density at radius 2 is 2.26 bits per heavy atom. The predicted octanol–water partition coefficient (Wildman–Crippen LogP) is 4.37. The molecule has 1 aliphatic rings. The molecule has 1 aliphatic heterocycles. The van der Waals surface area contributed by atoms with Crippen LogP contribution >= 0.6 is 31.9 Å². The van der Waals surface area contributed by atoms with Crippen LogP contribution < -0.4 is 0 Å². The van der Waals surface area contributed by atoms with Crippen LogP contribution in [-0.4, -0.2) is 28.7 Å². The second-order valence-electron chi connectivity index (χ2n) is 4.75. The van der Waals surface area contributed by atoms with Crippen LogP contribution in [0.15, 0.2) is 22.7 Å². The fourth-order valence-corrected chi connectivity index (χ4v) is 3.22. The first-order chi connectivity index (χ1) is 9.13. The van der Waals surface area contributed by atoms with Gasteiger partial charge in [-0.05, 0) is 43.9 Å². The maximum Gasteiger partial charge on any atom is 0.257 e. The van der Waals surface area contributed by atoms with Crippen LogP contribution in [0.1, 0.15) is 36.0 Å². The van der Waals surface area contributed by atoms with Gasteiger partial charge in [0, 0.05) is 22.4 Å². The molecule has 1 saturated heterocycles. The van der Waals surface area contributed by atoms with Crippen molar-refractivity contribution in [2.24, 2.45) is 0 Å². The van der Waals surface area contributed by atoms with Crippen molar-refractivity contribution in [1.29, 1.82) is 0 Å². The van der Waals surface area contributed by atoms with E-state index >= 15 is 0 Å². The molecular weight excluding hydrogens is 377 g/mol. The Kier molecular flexibility index (Phi) is 5.39. The molecule has 1 aromatic rings. The minimum atomic E-state index is -0.445. The second kappa shape index (κ2) is 6.84. The van der Waals surface area contributed by atoms with Gasteiger partial charge in [-0.1, -0.05) is 31.9 Å². The molecule has 1 heterocycles. The highest BCUT2D eigenvalue weighted by molar-refractivity contribution is 9.10. The summed E-state index contributed by atoms with van der Waals surface area (Å²) in [5, 5.41) is 0.941. The van der Waals surface area contributed by atoms with E-state index in [9.17, 15) is 9.18 Å². The molecule has 5 heteroatoms. The molecule has 2 nitrogen and oxygen atoms in total. The maximum atomic E-state index is 13.8. The molecule has 1 unspecified atom stereocenters. The van der Waals surface area contributed by atoms with Gasteiger partial charge in [0.05, 0.1) is 5.56 Å². The lowest BCUT2D eigenvalue weighted by atomic mass is 10.1. The molecular formula is C14H16Br2FNO. The van der Waals surface area contributed by atoms with E-state index in [4.69, 9.17) is 0 Å². The standard InChI is InChI=1S/C14H16Br2FNO/c15-7-1-3-11-4-2-8-18(11)14(19)12-9-10(16)5-6-13(12)17/h5-6,9,11H,1-4,7-8H2. The quantitative estimate of drug-likeness (QED) is 0.696. The average molecular weight is 393 g/mol. The number of likely N-dealkylation sites (tertiary alicyclic amines) is 1. The number of benzene rings is 1. The van der Waals surface area contributed by atoms with Crippen LogP contribution in [0.4, 0.5) is 4.39 Å². The van der Waals surface area contributed by atoms with Crippen molar-refractivity contribution in [3.05, 3.63) is 34.1 Å². The first-order valence-corrected chi connectivity index (χ1v) is 8.37. The van der Waals surface area contributed by atoms with E-state index in [0.29, 0.717) is 0 Å². The Morgan fingerprint density at radius 1 is 1.47 bits per heavy atom. The van der Waals surface area contributed by atoms with Crippen molar-refractivity contribution in [2.45, 2.75) is 31.7 Å². The monoisotopic (exact) mass is 391 g/mol. The third-order valence-electron chi connectivity index (χ3n) is 3.47. The van der Waals surface area contributed by atoms with Crippen LogP contribution in [0.5, 0.6) is 0 Å². The lowest BCUT2D eigenvalue weighted by Crippen LogP contribution is -2.36. The van der Waals surface area contributed by atoms with E-state index in [0.717, 1.165) is 42.0 Å². The van der Waals surface area contributed by atoms with Gasteiger partial charge in [0.15, 0.2) is 0 Å². The minimum Gasteiger partial charge on any atom is -0.336 e. The second-order valence-corrected chi connectivity index (χ2v) is 6.46. The topological polar surface area (TPSA) is 20.3 Å². The number of hydrogen-bond acceptors (Lipinski definition) is 1. The highest BCUT2D eigenvalue weighted by Crippen LogP contribution is 2.25. The third-order valence-corrected chi connectivity index (χ3v) is 4.52. The van der Waals surface area contributed by atoms with Gasteiger partial charge in [0.1, 0.15) is 5.82 Å². The molecule has 0 aromatic heterocycles. The van der Waals surface area contributed by atoms with Gasteiger partial charge in [-0.3, -0.25) is 4.79 Å². The van der Waals surface area contributed by atoms with Crippen molar-refractivity contribution >= 4 is 37.8 Å². The zero-order valence-electron chi connectivity index (χ0n) is 10.5. The van der Waals surface area contributed by atoms with Gasteiger partial charge in [0.2, 0.25) is 0 Å². The summed E-state index contributed by atoms with van der Waals surface area (Å²) < 4.78 is 14.5. The first kappa shape index (κ1) is 15.0. The summed E-state index contributed by atoms with van der Waals surface area (Å²) >= 11 is 6.70. The van der Waals surface area contributed by atoms with E-state index in [1.165, 1.54) is 6.07 Å². The largest absolute Gasteiger partial charge is 0.336 e. The molecule has 0 radical (unpaired) electrons. The molecule has 1 aromatic carbocycles. The summed E-state index contributed by atoms with van der Waals surface area (Å²) in [5.74, 6) is -0.629. The van der Waals surface area contributed by atoms with Crippen LogP contribution in [0.2, 0.25) is 0 Å². The van der Waals surface area contributed by atoms with Crippen molar-refractivity contribution in [3.8, 4) is 0 Å². The van der Waals surface area contributed by atoms with Crippen molar-refractivity contribution in [1.82, 2.24) is 4.90 Å². The summed E-state index contributed by atoms with van der Waals surface area (Å²) in [6.45, 7) is 0.734. The van der Waals surface area contributed by atoms with E-state index < -0.39 is 5.82 Å². The zero-order valence-corrected chi connectivity index (χ0v) is 13.7.